The van der Waals surface area contributed by atoms with Crippen molar-refractivity contribution in [1.82, 2.24) is 5.32 Å². The minimum Gasteiger partial charge on any atom is -0.316 e. The highest BCUT2D eigenvalue weighted by atomic mass is 16.1. The maximum absolute atomic E-state index is 12.9. The molecule has 2 heteroatoms. The molecule has 0 heterocycles. The molecule has 96 valence electrons. The lowest BCUT2D eigenvalue weighted by molar-refractivity contribution is 0.0578. The molecule has 18 heavy (non-hydrogen) atoms. The third kappa shape index (κ3) is 1.63. The molecule has 0 amide bonds. The molecule has 0 radical (unpaired) electrons. The molecule has 2 aliphatic carbocycles. The number of hydrogen-bond acceptors (Lipinski definition) is 2. The van der Waals surface area contributed by atoms with Gasteiger partial charge in [0.15, 0.2) is 5.78 Å². The number of rotatable bonds is 1. The fraction of sp³-hybridized carbons (Fsp3) is 0.562. The van der Waals surface area contributed by atoms with Crippen LogP contribution in [0.3, 0.4) is 0 Å². The van der Waals surface area contributed by atoms with Gasteiger partial charge in [0.1, 0.15) is 0 Å². The Morgan fingerprint density at radius 2 is 1.89 bits per heavy atom. The van der Waals surface area contributed by atoms with Crippen LogP contribution >= 0.6 is 0 Å². The van der Waals surface area contributed by atoms with Gasteiger partial charge in [-0.05, 0) is 31.9 Å². The molecule has 1 fully saturated rings. The highest BCUT2D eigenvalue weighted by molar-refractivity contribution is 6.03. The second-order valence-corrected chi connectivity index (χ2v) is 5.75. The number of likely N-dealkylation sites (N-methyl/N-ethyl adjacent to an activating group) is 1. The lowest BCUT2D eigenvalue weighted by Crippen LogP contribution is -2.54. The molecule has 0 bridgehead atoms. The summed E-state index contributed by atoms with van der Waals surface area (Å²) in [5.41, 5.74) is 2.07. The number of carbonyl (C=O) groups is 1. The van der Waals surface area contributed by atoms with Gasteiger partial charge in [-0.15, -0.1) is 0 Å². The SMILES string of the molecule is CNC1Cc2ccccc2C(=O)C12CCCCC2. The number of benzene rings is 1. The van der Waals surface area contributed by atoms with Gasteiger partial charge in [-0.25, -0.2) is 0 Å². The first-order valence-electron chi connectivity index (χ1n) is 7.08. The standard InChI is InChI=1S/C16H21NO/c1-17-14-11-12-7-3-4-8-13(12)15(18)16(14)9-5-2-6-10-16/h3-4,7-8,14,17H,2,5-6,9-11H2,1H3. The van der Waals surface area contributed by atoms with E-state index >= 15 is 0 Å². The number of nitrogens with one attached hydrogen (secondary N) is 1. The number of Topliss-reactive ketones (excluding diaryl/α,β-unsaturated/α-hetero) is 1. The van der Waals surface area contributed by atoms with Crippen LogP contribution in [-0.4, -0.2) is 18.9 Å². The van der Waals surface area contributed by atoms with Crippen LogP contribution in [0.2, 0.25) is 0 Å². The Labute approximate surface area is 109 Å². The number of fused-ring (bicyclic) bond motifs is 1. The van der Waals surface area contributed by atoms with Gasteiger partial charge < -0.3 is 5.32 Å². The largest absolute Gasteiger partial charge is 0.316 e. The smallest absolute Gasteiger partial charge is 0.170 e. The molecule has 1 unspecified atom stereocenters. The van der Waals surface area contributed by atoms with E-state index in [-0.39, 0.29) is 5.41 Å². The zero-order valence-corrected chi connectivity index (χ0v) is 11.0. The minimum atomic E-state index is -0.124. The predicted octanol–water partition coefficient (Wildman–Crippen LogP) is 2.96. The molecule has 0 aliphatic heterocycles. The van der Waals surface area contributed by atoms with Crippen molar-refractivity contribution >= 4 is 5.78 Å². The third-order valence-electron chi connectivity index (χ3n) is 4.90. The van der Waals surface area contributed by atoms with Gasteiger partial charge in [0.2, 0.25) is 0 Å². The Morgan fingerprint density at radius 3 is 2.61 bits per heavy atom. The van der Waals surface area contributed by atoms with E-state index in [1.165, 1.54) is 24.8 Å². The normalized spacial score (nSPS) is 26.1. The van der Waals surface area contributed by atoms with Gasteiger partial charge in [-0.3, -0.25) is 4.79 Å². The van der Waals surface area contributed by atoms with E-state index in [9.17, 15) is 4.79 Å². The van der Waals surface area contributed by atoms with E-state index in [1.807, 2.05) is 25.2 Å². The van der Waals surface area contributed by atoms with Crippen LogP contribution in [0.15, 0.2) is 24.3 Å². The summed E-state index contributed by atoms with van der Waals surface area (Å²) in [5, 5.41) is 3.41. The van der Waals surface area contributed by atoms with Crippen LogP contribution in [0.5, 0.6) is 0 Å². The first-order chi connectivity index (χ1) is 8.78. The maximum atomic E-state index is 12.9. The van der Waals surface area contributed by atoms with Crippen molar-refractivity contribution in [1.29, 1.82) is 0 Å². The van der Waals surface area contributed by atoms with Gasteiger partial charge in [-0.1, -0.05) is 43.5 Å². The maximum Gasteiger partial charge on any atom is 0.170 e. The van der Waals surface area contributed by atoms with Gasteiger partial charge in [-0.2, -0.15) is 0 Å². The monoisotopic (exact) mass is 243 g/mol. The molecule has 2 aliphatic rings. The van der Waals surface area contributed by atoms with Crippen LogP contribution < -0.4 is 5.32 Å². The van der Waals surface area contributed by atoms with Crippen LogP contribution in [0.4, 0.5) is 0 Å². The molecule has 1 saturated carbocycles. The molecular formula is C16H21NO. The first kappa shape index (κ1) is 11.9. The van der Waals surface area contributed by atoms with E-state index in [4.69, 9.17) is 0 Å². The van der Waals surface area contributed by atoms with Crippen molar-refractivity contribution in [3.8, 4) is 0 Å². The Bertz CT molecular complexity index is 460. The summed E-state index contributed by atoms with van der Waals surface area (Å²) in [5.74, 6) is 0.392. The van der Waals surface area contributed by atoms with E-state index < -0.39 is 0 Å². The van der Waals surface area contributed by atoms with E-state index in [1.54, 1.807) is 0 Å². The average molecular weight is 243 g/mol. The molecule has 1 atom stereocenters. The van der Waals surface area contributed by atoms with Crippen molar-refractivity contribution in [2.45, 2.75) is 44.6 Å². The molecule has 2 nitrogen and oxygen atoms in total. The summed E-state index contributed by atoms with van der Waals surface area (Å²) in [4.78, 5) is 12.9. The Hall–Kier alpha value is -1.15. The van der Waals surface area contributed by atoms with E-state index in [0.29, 0.717) is 11.8 Å². The minimum absolute atomic E-state index is 0.124. The number of carbonyl (C=O) groups excluding carboxylic acids is 1. The first-order valence-corrected chi connectivity index (χ1v) is 7.08. The summed E-state index contributed by atoms with van der Waals surface area (Å²) in [7, 11) is 2.00. The average Bonchev–Trinajstić information content (AvgIpc) is 2.44. The van der Waals surface area contributed by atoms with Crippen molar-refractivity contribution < 1.29 is 4.79 Å². The lowest BCUT2D eigenvalue weighted by atomic mass is 9.60. The zero-order chi connectivity index (χ0) is 12.6. The van der Waals surface area contributed by atoms with Crippen molar-refractivity contribution in [2.75, 3.05) is 7.05 Å². The highest BCUT2D eigenvalue weighted by Gasteiger charge is 2.48. The van der Waals surface area contributed by atoms with Crippen LogP contribution in [-0.2, 0) is 6.42 Å². The lowest BCUT2D eigenvalue weighted by Gasteiger charge is -2.45. The molecule has 1 spiro atoms. The fourth-order valence-electron chi connectivity index (χ4n) is 3.90. The zero-order valence-electron chi connectivity index (χ0n) is 11.0. The second kappa shape index (κ2) is 4.51. The Morgan fingerprint density at radius 1 is 1.17 bits per heavy atom. The predicted molar refractivity (Wildman–Crippen MR) is 72.8 cm³/mol. The van der Waals surface area contributed by atoms with Crippen molar-refractivity contribution in [3.63, 3.8) is 0 Å². The van der Waals surface area contributed by atoms with Gasteiger partial charge in [0.25, 0.3) is 0 Å². The highest BCUT2D eigenvalue weighted by Crippen LogP contribution is 2.46. The summed E-state index contributed by atoms with van der Waals surface area (Å²) in [6, 6.07) is 8.47. The molecule has 1 aromatic rings. The number of hydrogen-bond donors (Lipinski definition) is 1. The summed E-state index contributed by atoms with van der Waals surface area (Å²) < 4.78 is 0. The van der Waals surface area contributed by atoms with Gasteiger partial charge >= 0.3 is 0 Å². The van der Waals surface area contributed by atoms with Crippen molar-refractivity contribution in [2.24, 2.45) is 5.41 Å². The van der Waals surface area contributed by atoms with Crippen molar-refractivity contribution in [3.05, 3.63) is 35.4 Å². The third-order valence-corrected chi connectivity index (χ3v) is 4.90. The van der Waals surface area contributed by atoms with Gasteiger partial charge in [0.05, 0.1) is 0 Å². The molecule has 0 saturated heterocycles. The summed E-state index contributed by atoms with van der Waals surface area (Å²) in [6.45, 7) is 0. The van der Waals surface area contributed by atoms with E-state index in [2.05, 4.69) is 11.4 Å². The summed E-state index contributed by atoms with van der Waals surface area (Å²) in [6.07, 6.45) is 6.81. The fourth-order valence-corrected chi connectivity index (χ4v) is 3.90. The molecule has 1 aromatic carbocycles. The molecule has 1 N–H and O–H groups in total. The number of ketones is 1. The Kier molecular flexibility index (Phi) is 2.98. The second-order valence-electron chi connectivity index (χ2n) is 5.75. The summed E-state index contributed by atoms with van der Waals surface area (Å²) >= 11 is 0. The molecular weight excluding hydrogens is 222 g/mol. The molecule has 3 rings (SSSR count). The van der Waals surface area contributed by atoms with E-state index in [0.717, 1.165) is 24.8 Å². The Balaban J connectivity index is 2.06. The topological polar surface area (TPSA) is 29.1 Å². The quantitative estimate of drug-likeness (QED) is 0.821. The van der Waals surface area contributed by atoms with Crippen LogP contribution in [0, 0.1) is 5.41 Å². The van der Waals surface area contributed by atoms with Gasteiger partial charge in [0, 0.05) is 17.0 Å². The van der Waals surface area contributed by atoms with Crippen LogP contribution in [0.1, 0.15) is 48.0 Å². The molecule has 0 aromatic heterocycles. The van der Waals surface area contributed by atoms with Crippen LogP contribution in [0.25, 0.3) is 0 Å².